The molecule has 64 valence electrons. The summed E-state index contributed by atoms with van der Waals surface area (Å²) in [5.74, 6) is 1.49. The van der Waals surface area contributed by atoms with Gasteiger partial charge in [0.05, 0.1) is 5.25 Å². The van der Waals surface area contributed by atoms with Crippen molar-refractivity contribution >= 4 is 28.9 Å². The zero-order valence-electron chi connectivity index (χ0n) is 6.66. The lowest BCUT2D eigenvalue weighted by atomic mass is 10.1. The van der Waals surface area contributed by atoms with Gasteiger partial charge in [-0.2, -0.15) is 23.1 Å². The fourth-order valence-corrected chi connectivity index (χ4v) is 3.26. The third-order valence-corrected chi connectivity index (χ3v) is 4.09. The highest BCUT2D eigenvalue weighted by molar-refractivity contribution is 8.00. The van der Waals surface area contributed by atoms with Crippen molar-refractivity contribution in [2.75, 3.05) is 5.75 Å². The summed E-state index contributed by atoms with van der Waals surface area (Å²) in [7, 11) is 0. The first kappa shape index (κ1) is 8.32. The first-order valence-corrected chi connectivity index (χ1v) is 6.05. The first-order chi connectivity index (χ1) is 5.88. The lowest BCUT2D eigenvalue weighted by molar-refractivity contribution is 0.0989. The van der Waals surface area contributed by atoms with E-state index in [-0.39, 0.29) is 5.25 Å². The average Bonchev–Trinajstić information content (AvgIpc) is 2.77. The maximum Gasteiger partial charge on any atom is 0.176 e. The van der Waals surface area contributed by atoms with Crippen molar-refractivity contribution < 1.29 is 4.79 Å². The highest BCUT2D eigenvalue weighted by Crippen LogP contribution is 2.29. The molecule has 1 aliphatic rings. The fourth-order valence-electron chi connectivity index (χ4n) is 1.37. The second-order valence-electron chi connectivity index (χ2n) is 2.88. The van der Waals surface area contributed by atoms with Gasteiger partial charge in [0.1, 0.15) is 0 Å². The second kappa shape index (κ2) is 3.62. The van der Waals surface area contributed by atoms with Gasteiger partial charge in [-0.3, -0.25) is 4.79 Å². The Kier molecular flexibility index (Phi) is 2.51. The van der Waals surface area contributed by atoms with Crippen LogP contribution in [0.3, 0.4) is 0 Å². The number of carbonyl (C=O) groups is 1. The van der Waals surface area contributed by atoms with Crippen LogP contribution in [0.5, 0.6) is 0 Å². The number of thioether (sulfide) groups is 1. The van der Waals surface area contributed by atoms with E-state index in [1.807, 2.05) is 16.8 Å². The van der Waals surface area contributed by atoms with Crippen molar-refractivity contribution in [1.82, 2.24) is 0 Å². The van der Waals surface area contributed by atoms with Crippen LogP contribution in [0.4, 0.5) is 0 Å². The molecule has 2 rings (SSSR count). The predicted molar refractivity (Wildman–Crippen MR) is 54.1 cm³/mol. The smallest absolute Gasteiger partial charge is 0.176 e. The third kappa shape index (κ3) is 1.57. The van der Waals surface area contributed by atoms with Crippen molar-refractivity contribution in [1.29, 1.82) is 0 Å². The molecule has 12 heavy (non-hydrogen) atoms. The van der Waals surface area contributed by atoms with Crippen LogP contribution in [-0.4, -0.2) is 16.8 Å². The molecule has 0 aliphatic carbocycles. The molecule has 0 spiro atoms. The van der Waals surface area contributed by atoms with Crippen LogP contribution in [-0.2, 0) is 0 Å². The van der Waals surface area contributed by atoms with Crippen molar-refractivity contribution in [2.45, 2.75) is 18.1 Å². The zero-order chi connectivity index (χ0) is 8.39. The van der Waals surface area contributed by atoms with Crippen LogP contribution < -0.4 is 0 Å². The summed E-state index contributed by atoms with van der Waals surface area (Å²) in [6, 6.07) is 1.92. The number of ketones is 1. The fraction of sp³-hybridized carbons (Fsp3) is 0.444. The summed E-state index contributed by atoms with van der Waals surface area (Å²) in [6.07, 6.45) is 2.27. The van der Waals surface area contributed by atoms with Gasteiger partial charge in [-0.25, -0.2) is 0 Å². The molecule has 3 heteroatoms. The number of Topliss-reactive ketones (excluding diaryl/α,β-unsaturated/α-hetero) is 1. The molecule has 0 saturated carbocycles. The molecule has 1 aromatic heterocycles. The number of thiophene rings is 1. The summed E-state index contributed by atoms with van der Waals surface area (Å²) >= 11 is 3.40. The van der Waals surface area contributed by atoms with Gasteiger partial charge >= 0.3 is 0 Å². The Hall–Kier alpha value is -0.280. The highest BCUT2D eigenvalue weighted by atomic mass is 32.2. The normalized spacial score (nSPS) is 22.8. The summed E-state index contributed by atoms with van der Waals surface area (Å²) in [4.78, 5) is 11.7. The van der Waals surface area contributed by atoms with Crippen LogP contribution in [0.2, 0.25) is 0 Å². The topological polar surface area (TPSA) is 17.1 Å². The Morgan fingerprint density at radius 3 is 3.08 bits per heavy atom. The SMILES string of the molecule is O=C(c1ccsc1)C1CCCS1. The van der Waals surface area contributed by atoms with E-state index in [1.54, 1.807) is 23.1 Å². The molecular formula is C9H10OS2. The maximum absolute atomic E-state index is 11.7. The summed E-state index contributed by atoms with van der Waals surface area (Å²) < 4.78 is 0. The zero-order valence-corrected chi connectivity index (χ0v) is 8.29. The number of carbonyl (C=O) groups excluding carboxylic acids is 1. The van der Waals surface area contributed by atoms with E-state index in [0.717, 1.165) is 17.7 Å². The van der Waals surface area contributed by atoms with Gasteiger partial charge < -0.3 is 0 Å². The Morgan fingerprint density at radius 1 is 1.58 bits per heavy atom. The van der Waals surface area contributed by atoms with E-state index >= 15 is 0 Å². The van der Waals surface area contributed by atoms with Gasteiger partial charge in [0, 0.05) is 10.9 Å². The Balaban J connectivity index is 2.09. The minimum Gasteiger partial charge on any atom is -0.293 e. The summed E-state index contributed by atoms with van der Waals surface area (Å²) in [5, 5.41) is 4.16. The van der Waals surface area contributed by atoms with E-state index in [4.69, 9.17) is 0 Å². The van der Waals surface area contributed by atoms with Gasteiger partial charge in [-0.05, 0) is 30.0 Å². The standard InChI is InChI=1S/C9H10OS2/c10-9(7-3-5-11-6-7)8-2-1-4-12-8/h3,5-6,8H,1-2,4H2. The van der Waals surface area contributed by atoms with E-state index in [2.05, 4.69) is 0 Å². The monoisotopic (exact) mass is 198 g/mol. The van der Waals surface area contributed by atoms with E-state index in [9.17, 15) is 4.79 Å². The third-order valence-electron chi connectivity index (χ3n) is 2.03. The molecule has 1 saturated heterocycles. The Bertz CT molecular complexity index is 260. The van der Waals surface area contributed by atoms with Crippen LogP contribution >= 0.6 is 23.1 Å². The predicted octanol–water partition coefficient (Wildman–Crippen LogP) is 2.83. The minimum absolute atomic E-state index is 0.250. The van der Waals surface area contributed by atoms with Crippen molar-refractivity contribution in [3.63, 3.8) is 0 Å². The van der Waals surface area contributed by atoms with Crippen LogP contribution in [0.15, 0.2) is 16.8 Å². The molecule has 0 radical (unpaired) electrons. The molecule has 1 atom stereocenters. The number of rotatable bonds is 2. The number of hydrogen-bond acceptors (Lipinski definition) is 3. The van der Waals surface area contributed by atoms with Crippen LogP contribution in [0.1, 0.15) is 23.2 Å². The second-order valence-corrected chi connectivity index (χ2v) is 4.97. The van der Waals surface area contributed by atoms with Gasteiger partial charge in [-0.15, -0.1) is 0 Å². The summed E-state index contributed by atoms with van der Waals surface area (Å²) in [5.41, 5.74) is 0.902. The van der Waals surface area contributed by atoms with E-state index in [0.29, 0.717) is 5.78 Å². The van der Waals surface area contributed by atoms with Gasteiger partial charge in [0.25, 0.3) is 0 Å². The quantitative estimate of drug-likeness (QED) is 0.680. The van der Waals surface area contributed by atoms with Gasteiger partial charge in [0.15, 0.2) is 5.78 Å². The molecule has 0 aromatic carbocycles. The first-order valence-electron chi connectivity index (χ1n) is 4.06. The molecule has 1 unspecified atom stereocenters. The Morgan fingerprint density at radius 2 is 2.50 bits per heavy atom. The molecule has 1 fully saturated rings. The minimum atomic E-state index is 0.250. The lowest BCUT2D eigenvalue weighted by Gasteiger charge is -2.03. The van der Waals surface area contributed by atoms with E-state index < -0.39 is 0 Å². The van der Waals surface area contributed by atoms with Crippen LogP contribution in [0.25, 0.3) is 0 Å². The van der Waals surface area contributed by atoms with Crippen molar-refractivity contribution in [3.8, 4) is 0 Å². The molecule has 0 bridgehead atoms. The van der Waals surface area contributed by atoms with E-state index in [1.165, 1.54) is 6.42 Å². The molecule has 1 aliphatic heterocycles. The highest BCUT2D eigenvalue weighted by Gasteiger charge is 2.24. The maximum atomic E-state index is 11.7. The molecule has 1 nitrogen and oxygen atoms in total. The Labute approximate surface area is 80.2 Å². The van der Waals surface area contributed by atoms with Gasteiger partial charge in [-0.1, -0.05) is 0 Å². The molecule has 0 N–H and O–H groups in total. The largest absolute Gasteiger partial charge is 0.293 e. The van der Waals surface area contributed by atoms with Crippen molar-refractivity contribution in [2.24, 2.45) is 0 Å². The molecule has 2 heterocycles. The molecule has 1 aromatic rings. The summed E-state index contributed by atoms with van der Waals surface area (Å²) in [6.45, 7) is 0. The van der Waals surface area contributed by atoms with Gasteiger partial charge in [0.2, 0.25) is 0 Å². The lowest BCUT2D eigenvalue weighted by Crippen LogP contribution is -2.12. The number of hydrogen-bond donors (Lipinski definition) is 0. The van der Waals surface area contributed by atoms with Crippen molar-refractivity contribution in [3.05, 3.63) is 22.4 Å². The average molecular weight is 198 g/mol. The van der Waals surface area contributed by atoms with Crippen LogP contribution in [0, 0.1) is 0 Å². The molecule has 0 amide bonds. The molecular weight excluding hydrogens is 188 g/mol.